The van der Waals surface area contributed by atoms with E-state index in [1.165, 1.54) is 45.5 Å². The van der Waals surface area contributed by atoms with Crippen molar-refractivity contribution in [3.63, 3.8) is 0 Å². The SMILES string of the molecule is COc1ccc(F)cc1C(C)(C)CC(O)(CNc1cccc2cnncc12)C(F)(F)F. The number of anilines is 1. The maximum absolute atomic E-state index is 14.0. The highest BCUT2D eigenvalue weighted by Gasteiger charge is 2.56. The molecule has 0 aliphatic carbocycles. The molecule has 1 heterocycles. The lowest BCUT2D eigenvalue weighted by molar-refractivity contribution is -0.260. The number of alkyl halides is 3. The van der Waals surface area contributed by atoms with Crippen molar-refractivity contribution in [1.82, 2.24) is 10.2 Å². The second kappa shape index (κ2) is 8.30. The van der Waals surface area contributed by atoms with Crippen LogP contribution < -0.4 is 10.1 Å². The van der Waals surface area contributed by atoms with E-state index in [0.29, 0.717) is 16.5 Å². The summed E-state index contributed by atoms with van der Waals surface area (Å²) < 4.78 is 61.1. The van der Waals surface area contributed by atoms with Crippen LogP contribution in [0.3, 0.4) is 0 Å². The Morgan fingerprint density at radius 3 is 2.45 bits per heavy atom. The summed E-state index contributed by atoms with van der Waals surface area (Å²) in [6.07, 6.45) is -2.73. The van der Waals surface area contributed by atoms with Gasteiger partial charge in [-0.25, -0.2) is 4.39 Å². The molecule has 0 amide bonds. The van der Waals surface area contributed by atoms with Crippen molar-refractivity contribution in [2.24, 2.45) is 0 Å². The minimum Gasteiger partial charge on any atom is -0.496 e. The van der Waals surface area contributed by atoms with Gasteiger partial charge in [-0.15, -0.1) is 0 Å². The van der Waals surface area contributed by atoms with Crippen LogP contribution in [0.15, 0.2) is 48.8 Å². The van der Waals surface area contributed by atoms with E-state index in [-0.39, 0.29) is 11.3 Å². The van der Waals surface area contributed by atoms with Crippen LogP contribution in [0, 0.1) is 5.82 Å². The number of methoxy groups -OCH3 is 1. The molecule has 9 heteroatoms. The summed E-state index contributed by atoms with van der Waals surface area (Å²) in [6.45, 7) is 2.21. The third-order valence-electron chi connectivity index (χ3n) is 5.31. The first-order chi connectivity index (χ1) is 14.5. The van der Waals surface area contributed by atoms with Crippen LogP contribution in [-0.2, 0) is 5.41 Å². The molecular formula is C22H23F4N3O2. The van der Waals surface area contributed by atoms with Crippen LogP contribution in [0.4, 0.5) is 23.2 Å². The number of benzene rings is 2. The quantitative estimate of drug-likeness (QED) is 0.518. The maximum atomic E-state index is 14.0. The van der Waals surface area contributed by atoms with E-state index in [0.717, 1.165) is 6.07 Å². The average Bonchev–Trinajstić information content (AvgIpc) is 2.71. The third kappa shape index (κ3) is 4.71. The molecule has 0 aliphatic rings. The van der Waals surface area contributed by atoms with E-state index in [1.54, 1.807) is 18.2 Å². The molecule has 0 bridgehead atoms. The van der Waals surface area contributed by atoms with Gasteiger partial charge >= 0.3 is 6.18 Å². The maximum Gasteiger partial charge on any atom is 0.418 e. The lowest BCUT2D eigenvalue weighted by Crippen LogP contribution is -2.53. The predicted molar refractivity (Wildman–Crippen MR) is 110 cm³/mol. The number of hydrogen-bond acceptors (Lipinski definition) is 5. The van der Waals surface area contributed by atoms with Gasteiger partial charge < -0.3 is 15.2 Å². The Kier molecular flexibility index (Phi) is 6.09. The van der Waals surface area contributed by atoms with Crippen LogP contribution in [0.25, 0.3) is 10.8 Å². The summed E-state index contributed by atoms with van der Waals surface area (Å²) >= 11 is 0. The smallest absolute Gasteiger partial charge is 0.418 e. The Labute approximate surface area is 177 Å². The largest absolute Gasteiger partial charge is 0.496 e. The number of aromatic nitrogens is 2. The van der Waals surface area contributed by atoms with E-state index in [2.05, 4.69) is 15.5 Å². The van der Waals surface area contributed by atoms with Crippen molar-refractivity contribution in [2.45, 2.75) is 37.5 Å². The van der Waals surface area contributed by atoms with Gasteiger partial charge in [0.05, 0.1) is 26.0 Å². The molecule has 166 valence electrons. The van der Waals surface area contributed by atoms with Gasteiger partial charge in [-0.3, -0.25) is 0 Å². The number of rotatable bonds is 7. The van der Waals surface area contributed by atoms with Crippen molar-refractivity contribution < 1.29 is 27.4 Å². The van der Waals surface area contributed by atoms with Crippen molar-refractivity contribution in [3.05, 3.63) is 60.2 Å². The van der Waals surface area contributed by atoms with Crippen molar-refractivity contribution >= 4 is 16.5 Å². The van der Waals surface area contributed by atoms with Crippen molar-refractivity contribution in [3.8, 4) is 5.75 Å². The molecule has 0 aliphatic heterocycles. The van der Waals surface area contributed by atoms with Crippen LogP contribution >= 0.6 is 0 Å². The average molecular weight is 437 g/mol. The number of nitrogens with zero attached hydrogens (tertiary/aromatic N) is 2. The van der Waals surface area contributed by atoms with Gasteiger partial charge in [0.2, 0.25) is 0 Å². The van der Waals surface area contributed by atoms with Crippen LogP contribution in [0.5, 0.6) is 5.75 Å². The highest BCUT2D eigenvalue weighted by molar-refractivity contribution is 5.92. The Morgan fingerprint density at radius 1 is 1.06 bits per heavy atom. The Bertz CT molecular complexity index is 1070. The minimum absolute atomic E-state index is 0.234. The van der Waals surface area contributed by atoms with Crippen LogP contribution in [-0.4, -0.2) is 40.7 Å². The number of aliphatic hydroxyl groups is 1. The number of nitrogens with one attached hydrogen (secondary N) is 1. The highest BCUT2D eigenvalue weighted by Crippen LogP contribution is 2.44. The Balaban J connectivity index is 1.93. The molecule has 2 aromatic carbocycles. The predicted octanol–water partition coefficient (Wildman–Crippen LogP) is 4.85. The van der Waals surface area contributed by atoms with Crippen molar-refractivity contribution in [2.75, 3.05) is 19.0 Å². The van der Waals surface area contributed by atoms with Crippen LogP contribution in [0.1, 0.15) is 25.8 Å². The number of hydrogen-bond donors (Lipinski definition) is 2. The van der Waals surface area contributed by atoms with Crippen molar-refractivity contribution in [1.29, 1.82) is 0 Å². The molecule has 3 rings (SSSR count). The second-order valence-electron chi connectivity index (χ2n) is 8.09. The zero-order valence-corrected chi connectivity index (χ0v) is 17.3. The van der Waals surface area contributed by atoms with Gasteiger partial charge in [-0.05, 0) is 36.1 Å². The summed E-state index contributed by atoms with van der Waals surface area (Å²) in [5, 5.41) is 22.3. The molecule has 31 heavy (non-hydrogen) atoms. The van der Waals surface area contributed by atoms with E-state index in [1.807, 2.05) is 0 Å². The monoisotopic (exact) mass is 437 g/mol. The molecule has 1 aromatic heterocycles. The molecule has 1 unspecified atom stereocenters. The topological polar surface area (TPSA) is 67.3 Å². The Morgan fingerprint density at radius 2 is 1.77 bits per heavy atom. The molecule has 2 N–H and O–H groups in total. The van der Waals surface area contributed by atoms with E-state index < -0.39 is 36.0 Å². The minimum atomic E-state index is -4.94. The molecule has 0 radical (unpaired) electrons. The first-order valence-corrected chi connectivity index (χ1v) is 9.53. The molecule has 0 fully saturated rings. The lowest BCUT2D eigenvalue weighted by atomic mass is 9.74. The zero-order chi connectivity index (χ0) is 22.9. The third-order valence-corrected chi connectivity index (χ3v) is 5.31. The van der Waals surface area contributed by atoms with Gasteiger partial charge in [0.15, 0.2) is 5.60 Å². The summed E-state index contributed by atoms with van der Waals surface area (Å²) in [7, 11) is 1.35. The van der Waals surface area contributed by atoms with E-state index in [4.69, 9.17) is 4.74 Å². The standard InChI is InChI=1S/C22H23F4N3O2/c1-20(2,17-9-15(23)7-8-19(17)31-3)12-21(30,22(24,25)26)13-27-18-6-4-5-14-10-28-29-11-16(14)18/h4-11,27,30H,12-13H2,1-3H3. The molecule has 0 spiro atoms. The normalized spacial score (nSPS) is 14.3. The number of halogens is 4. The number of ether oxygens (including phenoxy) is 1. The number of fused-ring (bicyclic) bond motifs is 1. The first kappa shape index (κ1) is 22.7. The molecule has 0 saturated carbocycles. The van der Waals surface area contributed by atoms with E-state index >= 15 is 0 Å². The Hall–Kier alpha value is -2.94. The fourth-order valence-corrected chi connectivity index (χ4v) is 3.72. The summed E-state index contributed by atoms with van der Waals surface area (Å²) in [4.78, 5) is 0. The van der Waals surface area contributed by atoms with Crippen LogP contribution in [0.2, 0.25) is 0 Å². The highest BCUT2D eigenvalue weighted by atomic mass is 19.4. The van der Waals surface area contributed by atoms with Gasteiger partial charge in [0.1, 0.15) is 11.6 Å². The summed E-state index contributed by atoms with van der Waals surface area (Å²) in [6, 6.07) is 8.67. The van der Waals surface area contributed by atoms with Gasteiger partial charge in [-0.1, -0.05) is 26.0 Å². The molecule has 3 aromatic rings. The van der Waals surface area contributed by atoms with E-state index in [9.17, 15) is 22.7 Å². The molecular weight excluding hydrogens is 414 g/mol. The fraction of sp³-hybridized carbons (Fsp3) is 0.364. The fourth-order valence-electron chi connectivity index (χ4n) is 3.72. The van der Waals surface area contributed by atoms with Gasteiger partial charge in [0, 0.05) is 22.0 Å². The lowest BCUT2D eigenvalue weighted by Gasteiger charge is -2.38. The van der Waals surface area contributed by atoms with Gasteiger partial charge in [-0.2, -0.15) is 23.4 Å². The first-order valence-electron chi connectivity index (χ1n) is 9.53. The molecule has 1 atom stereocenters. The summed E-state index contributed by atoms with van der Waals surface area (Å²) in [5.41, 5.74) is -3.74. The summed E-state index contributed by atoms with van der Waals surface area (Å²) in [5.74, 6) is -0.356. The molecule has 5 nitrogen and oxygen atoms in total. The zero-order valence-electron chi connectivity index (χ0n) is 17.3. The van der Waals surface area contributed by atoms with Gasteiger partial charge in [0.25, 0.3) is 0 Å². The molecule has 0 saturated heterocycles. The second-order valence-corrected chi connectivity index (χ2v) is 8.09.